The Morgan fingerprint density at radius 3 is 2.33 bits per heavy atom. The number of anilines is 1. The molecule has 0 amide bonds. The Morgan fingerprint density at radius 1 is 1.33 bits per heavy atom. The lowest BCUT2D eigenvalue weighted by Crippen LogP contribution is -2.14. The average Bonchev–Trinajstić information content (AvgIpc) is 2.14. The summed E-state index contributed by atoms with van der Waals surface area (Å²) in [6.07, 6.45) is 0.195. The Balaban J connectivity index is 2.84. The predicted octanol–water partition coefficient (Wildman–Crippen LogP) is 2.82. The first-order valence-corrected chi connectivity index (χ1v) is 4.32. The number of nitrogens with one attached hydrogen (secondary N) is 1. The molecule has 0 aliphatic carbocycles. The van der Waals surface area contributed by atoms with Gasteiger partial charge < -0.3 is 5.32 Å². The largest absolute Gasteiger partial charge is 0.381 e. The van der Waals surface area contributed by atoms with Crippen LogP contribution >= 0.6 is 0 Å². The van der Waals surface area contributed by atoms with Gasteiger partial charge in [-0.05, 0) is 6.92 Å². The van der Waals surface area contributed by atoms with E-state index in [4.69, 9.17) is 5.26 Å². The molecule has 1 aromatic rings. The van der Waals surface area contributed by atoms with Gasteiger partial charge in [-0.3, -0.25) is 0 Å². The minimum absolute atomic E-state index is 0.120. The zero-order valence-electron chi connectivity index (χ0n) is 8.02. The molecule has 5 heteroatoms. The highest BCUT2D eigenvalue weighted by Crippen LogP contribution is 2.18. The van der Waals surface area contributed by atoms with Crippen molar-refractivity contribution in [2.45, 2.75) is 19.4 Å². The summed E-state index contributed by atoms with van der Waals surface area (Å²) in [5.41, 5.74) is 0.120. The molecule has 1 N–H and O–H groups in total. The third-order valence-corrected chi connectivity index (χ3v) is 1.79. The Labute approximate surface area is 85.3 Å². The minimum atomic E-state index is -1.49. The summed E-state index contributed by atoms with van der Waals surface area (Å²) in [7, 11) is 0. The Morgan fingerprint density at radius 2 is 1.87 bits per heavy atom. The van der Waals surface area contributed by atoms with Crippen LogP contribution in [-0.4, -0.2) is 6.04 Å². The molecule has 2 nitrogen and oxygen atoms in total. The second-order valence-electron chi connectivity index (χ2n) is 3.16. The normalized spacial score (nSPS) is 11.9. The average molecular weight is 214 g/mol. The van der Waals surface area contributed by atoms with Crippen LogP contribution in [-0.2, 0) is 0 Å². The van der Waals surface area contributed by atoms with Gasteiger partial charge in [0.05, 0.1) is 12.5 Å². The highest BCUT2D eigenvalue weighted by molar-refractivity contribution is 5.45. The summed E-state index contributed by atoms with van der Waals surface area (Å²) in [5, 5.41) is 11.1. The van der Waals surface area contributed by atoms with Crippen molar-refractivity contribution in [3.05, 3.63) is 29.6 Å². The molecule has 0 aliphatic heterocycles. The van der Waals surface area contributed by atoms with Gasteiger partial charge >= 0.3 is 0 Å². The molecular formula is C10H9F3N2. The van der Waals surface area contributed by atoms with E-state index in [1.165, 1.54) is 0 Å². The topological polar surface area (TPSA) is 35.8 Å². The van der Waals surface area contributed by atoms with E-state index in [-0.39, 0.29) is 18.2 Å². The molecule has 0 aromatic heterocycles. The van der Waals surface area contributed by atoms with E-state index < -0.39 is 17.5 Å². The van der Waals surface area contributed by atoms with E-state index in [2.05, 4.69) is 5.32 Å². The summed E-state index contributed by atoms with van der Waals surface area (Å²) < 4.78 is 38.1. The van der Waals surface area contributed by atoms with Crippen LogP contribution in [0.25, 0.3) is 0 Å². The summed E-state index contributed by atoms with van der Waals surface area (Å²) in [5.74, 6) is -3.99. The zero-order valence-corrected chi connectivity index (χ0v) is 8.02. The van der Waals surface area contributed by atoms with Gasteiger partial charge in [0, 0.05) is 23.9 Å². The van der Waals surface area contributed by atoms with E-state index >= 15 is 0 Å². The first-order chi connectivity index (χ1) is 7.04. The number of halogens is 3. The van der Waals surface area contributed by atoms with E-state index in [1.54, 1.807) is 6.92 Å². The van der Waals surface area contributed by atoms with Gasteiger partial charge in [0.15, 0.2) is 17.5 Å². The van der Waals surface area contributed by atoms with Crippen LogP contribution in [0.5, 0.6) is 0 Å². The van der Waals surface area contributed by atoms with Crippen molar-refractivity contribution in [2.75, 3.05) is 5.32 Å². The number of hydrogen-bond donors (Lipinski definition) is 1. The van der Waals surface area contributed by atoms with Gasteiger partial charge in [-0.15, -0.1) is 0 Å². The first-order valence-electron chi connectivity index (χ1n) is 4.32. The van der Waals surface area contributed by atoms with Crippen molar-refractivity contribution in [1.29, 1.82) is 5.26 Å². The fourth-order valence-electron chi connectivity index (χ4n) is 1.11. The molecule has 0 radical (unpaired) electrons. The van der Waals surface area contributed by atoms with Crippen LogP contribution < -0.4 is 5.32 Å². The van der Waals surface area contributed by atoms with Crippen molar-refractivity contribution in [1.82, 2.24) is 0 Å². The lowest BCUT2D eigenvalue weighted by Gasteiger charge is -2.12. The van der Waals surface area contributed by atoms with E-state index in [9.17, 15) is 13.2 Å². The van der Waals surface area contributed by atoms with Crippen molar-refractivity contribution in [3.8, 4) is 6.07 Å². The van der Waals surface area contributed by atoms with Crippen LogP contribution in [0.2, 0.25) is 0 Å². The molecule has 80 valence electrons. The molecule has 0 saturated heterocycles. The molecule has 0 spiro atoms. The van der Waals surface area contributed by atoms with Gasteiger partial charge in [0.2, 0.25) is 0 Å². The predicted molar refractivity (Wildman–Crippen MR) is 49.6 cm³/mol. The van der Waals surface area contributed by atoms with Gasteiger partial charge in [-0.2, -0.15) is 5.26 Å². The highest BCUT2D eigenvalue weighted by atomic mass is 19.2. The lowest BCUT2D eigenvalue weighted by molar-refractivity contribution is 0.447. The van der Waals surface area contributed by atoms with E-state index in [1.807, 2.05) is 6.07 Å². The molecule has 1 aromatic carbocycles. The summed E-state index contributed by atoms with van der Waals surface area (Å²) in [4.78, 5) is 0. The fraction of sp³-hybridized carbons (Fsp3) is 0.300. The molecular weight excluding hydrogens is 205 g/mol. The van der Waals surface area contributed by atoms with Crippen molar-refractivity contribution in [3.63, 3.8) is 0 Å². The standard InChI is InChI=1S/C10H9F3N2/c1-6(2-3-14)15-7-4-8(11)10(13)9(12)5-7/h4-6,15H,2H2,1H3. The molecule has 1 rings (SSSR count). The van der Waals surface area contributed by atoms with Gasteiger partial charge in [0.1, 0.15) is 0 Å². The third-order valence-electron chi connectivity index (χ3n) is 1.79. The maximum atomic E-state index is 12.8. The van der Waals surface area contributed by atoms with Crippen molar-refractivity contribution >= 4 is 5.69 Å². The minimum Gasteiger partial charge on any atom is -0.381 e. The van der Waals surface area contributed by atoms with Crippen LogP contribution in [0.1, 0.15) is 13.3 Å². The molecule has 0 bridgehead atoms. The molecule has 1 atom stereocenters. The second-order valence-corrected chi connectivity index (χ2v) is 3.16. The molecule has 15 heavy (non-hydrogen) atoms. The molecule has 0 heterocycles. The van der Waals surface area contributed by atoms with E-state index in [0.29, 0.717) is 0 Å². The number of rotatable bonds is 3. The second kappa shape index (κ2) is 4.69. The Kier molecular flexibility index (Phi) is 3.56. The quantitative estimate of drug-likeness (QED) is 0.785. The summed E-state index contributed by atoms with van der Waals surface area (Å²) in [6.45, 7) is 1.68. The third kappa shape index (κ3) is 2.88. The Bertz CT molecular complexity index is 375. The monoisotopic (exact) mass is 214 g/mol. The van der Waals surface area contributed by atoms with Crippen LogP contribution in [0.3, 0.4) is 0 Å². The van der Waals surface area contributed by atoms with Crippen molar-refractivity contribution < 1.29 is 13.2 Å². The molecule has 0 saturated carbocycles. The maximum absolute atomic E-state index is 12.8. The smallest absolute Gasteiger partial charge is 0.194 e. The first kappa shape index (κ1) is 11.4. The molecule has 0 aliphatic rings. The van der Waals surface area contributed by atoms with Gasteiger partial charge in [0.25, 0.3) is 0 Å². The SMILES string of the molecule is CC(CC#N)Nc1cc(F)c(F)c(F)c1. The van der Waals surface area contributed by atoms with Crippen LogP contribution in [0.15, 0.2) is 12.1 Å². The maximum Gasteiger partial charge on any atom is 0.194 e. The zero-order chi connectivity index (χ0) is 11.4. The van der Waals surface area contributed by atoms with Crippen LogP contribution in [0, 0.1) is 28.8 Å². The number of nitrogens with zero attached hydrogens (tertiary/aromatic N) is 1. The summed E-state index contributed by atoms with van der Waals surface area (Å²) >= 11 is 0. The van der Waals surface area contributed by atoms with E-state index in [0.717, 1.165) is 12.1 Å². The van der Waals surface area contributed by atoms with Crippen LogP contribution in [0.4, 0.5) is 18.9 Å². The Hall–Kier alpha value is -1.70. The number of nitriles is 1. The molecule has 1 unspecified atom stereocenters. The molecule has 0 fully saturated rings. The number of benzene rings is 1. The van der Waals surface area contributed by atoms with Gasteiger partial charge in [-0.1, -0.05) is 0 Å². The fourth-order valence-corrected chi connectivity index (χ4v) is 1.11. The highest BCUT2D eigenvalue weighted by Gasteiger charge is 2.11. The summed E-state index contributed by atoms with van der Waals surface area (Å²) in [6, 6.07) is 3.36. The van der Waals surface area contributed by atoms with Gasteiger partial charge in [-0.25, -0.2) is 13.2 Å². The lowest BCUT2D eigenvalue weighted by atomic mass is 10.2. The number of hydrogen-bond acceptors (Lipinski definition) is 2. The van der Waals surface area contributed by atoms with Crippen molar-refractivity contribution in [2.24, 2.45) is 0 Å².